The lowest BCUT2D eigenvalue weighted by molar-refractivity contribution is 0.589. The Labute approximate surface area is 128 Å². The van der Waals surface area contributed by atoms with E-state index in [-0.39, 0.29) is 0 Å². The highest BCUT2D eigenvalue weighted by Gasteiger charge is 1.95. The van der Waals surface area contributed by atoms with E-state index >= 15 is 0 Å². The molecule has 0 bridgehead atoms. The monoisotopic (exact) mass is 278 g/mol. The quantitative estimate of drug-likeness (QED) is 0.227. The number of rotatable bonds is 14. The molecule has 0 aromatic carbocycles. The molecule has 0 saturated heterocycles. The second-order valence-electron chi connectivity index (χ2n) is 5.98. The summed E-state index contributed by atoms with van der Waals surface area (Å²) in [6, 6.07) is 0. The molecule has 0 nitrogen and oxygen atoms in total. The molecule has 0 aliphatic carbocycles. The predicted molar refractivity (Wildman–Crippen MR) is 94.3 cm³/mol. The van der Waals surface area contributed by atoms with Gasteiger partial charge in [-0.05, 0) is 25.7 Å². The lowest BCUT2D eigenvalue weighted by Gasteiger charge is -2.04. The van der Waals surface area contributed by atoms with E-state index in [9.17, 15) is 0 Å². The molecule has 0 N–H and O–H groups in total. The summed E-state index contributed by atoms with van der Waals surface area (Å²) in [4.78, 5) is 0. The Kier molecular flexibility index (Phi) is 16.1. The Balaban J connectivity index is 3.78. The van der Waals surface area contributed by atoms with Crippen LogP contribution in [0.5, 0.6) is 0 Å². The first-order valence-electron chi connectivity index (χ1n) is 9.20. The van der Waals surface area contributed by atoms with Crippen LogP contribution in [-0.2, 0) is 0 Å². The van der Waals surface area contributed by atoms with Crippen LogP contribution in [0, 0.1) is 0 Å². The third-order valence-electron chi connectivity index (χ3n) is 3.82. The van der Waals surface area contributed by atoms with Crippen molar-refractivity contribution in [2.45, 2.75) is 104 Å². The van der Waals surface area contributed by atoms with Crippen LogP contribution in [-0.4, -0.2) is 0 Å². The van der Waals surface area contributed by atoms with Gasteiger partial charge >= 0.3 is 0 Å². The second-order valence-corrected chi connectivity index (χ2v) is 5.98. The molecule has 0 aromatic heterocycles. The zero-order valence-electron chi connectivity index (χ0n) is 14.4. The molecule has 0 heteroatoms. The van der Waals surface area contributed by atoms with E-state index in [2.05, 4.69) is 39.0 Å². The van der Waals surface area contributed by atoms with Gasteiger partial charge in [0.1, 0.15) is 0 Å². The Morgan fingerprint density at radius 3 is 1.95 bits per heavy atom. The molecule has 0 radical (unpaired) electrons. The van der Waals surface area contributed by atoms with Crippen molar-refractivity contribution in [1.29, 1.82) is 0 Å². The summed E-state index contributed by atoms with van der Waals surface area (Å²) in [6.07, 6.45) is 24.8. The lowest BCUT2D eigenvalue weighted by atomic mass is 10.0. The van der Waals surface area contributed by atoms with Gasteiger partial charge in [-0.15, -0.1) is 0 Å². The van der Waals surface area contributed by atoms with Gasteiger partial charge in [0.15, 0.2) is 0 Å². The van der Waals surface area contributed by atoms with Crippen LogP contribution in [0.3, 0.4) is 0 Å². The topological polar surface area (TPSA) is 0 Å². The van der Waals surface area contributed by atoms with Gasteiger partial charge in [-0.1, -0.05) is 102 Å². The van der Waals surface area contributed by atoms with Crippen LogP contribution in [0.4, 0.5) is 0 Å². The standard InChI is InChI=1S/C20H38/c1-4-7-10-12-13-14-16-19-20(17-9-6-3)18-15-11-8-5-2/h15,17-18H,4-14,16,19H2,1-3H3. The van der Waals surface area contributed by atoms with E-state index < -0.39 is 0 Å². The Hall–Kier alpha value is -0.520. The minimum Gasteiger partial charge on any atom is -0.0843 e. The molecule has 0 heterocycles. The van der Waals surface area contributed by atoms with Crippen molar-refractivity contribution < 1.29 is 0 Å². The van der Waals surface area contributed by atoms with Crippen molar-refractivity contribution in [2.75, 3.05) is 0 Å². The average Bonchev–Trinajstić information content (AvgIpc) is 2.47. The molecule has 0 aromatic rings. The molecule has 0 amide bonds. The summed E-state index contributed by atoms with van der Waals surface area (Å²) < 4.78 is 0. The molecule has 0 rings (SSSR count). The Morgan fingerprint density at radius 2 is 1.30 bits per heavy atom. The van der Waals surface area contributed by atoms with Gasteiger partial charge in [0, 0.05) is 0 Å². The van der Waals surface area contributed by atoms with E-state index in [4.69, 9.17) is 0 Å². The van der Waals surface area contributed by atoms with Crippen molar-refractivity contribution >= 4 is 0 Å². The minimum absolute atomic E-state index is 1.24. The summed E-state index contributed by atoms with van der Waals surface area (Å²) in [5, 5.41) is 0. The van der Waals surface area contributed by atoms with E-state index in [0.29, 0.717) is 0 Å². The fraction of sp³-hybridized carbons (Fsp3) is 0.800. The fourth-order valence-electron chi connectivity index (χ4n) is 2.43. The first-order chi connectivity index (χ1) is 9.85. The molecule has 0 aliphatic rings. The Bertz CT molecular complexity index is 234. The van der Waals surface area contributed by atoms with Gasteiger partial charge in [-0.3, -0.25) is 0 Å². The third-order valence-corrected chi connectivity index (χ3v) is 3.82. The maximum Gasteiger partial charge on any atom is -0.0282 e. The number of allylic oxidation sites excluding steroid dienone is 4. The number of hydrogen-bond acceptors (Lipinski definition) is 0. The normalized spacial score (nSPS) is 12.4. The molecule has 0 atom stereocenters. The molecule has 20 heavy (non-hydrogen) atoms. The average molecular weight is 279 g/mol. The fourth-order valence-corrected chi connectivity index (χ4v) is 2.43. The maximum absolute atomic E-state index is 2.46. The number of hydrogen-bond donors (Lipinski definition) is 0. The van der Waals surface area contributed by atoms with Crippen molar-refractivity contribution in [3.63, 3.8) is 0 Å². The number of unbranched alkanes of at least 4 members (excludes halogenated alkanes) is 9. The van der Waals surface area contributed by atoms with Crippen molar-refractivity contribution in [2.24, 2.45) is 0 Å². The highest BCUT2D eigenvalue weighted by atomic mass is 14.0. The first kappa shape index (κ1) is 19.5. The highest BCUT2D eigenvalue weighted by Crippen LogP contribution is 2.15. The molecule has 0 fully saturated rings. The summed E-state index contributed by atoms with van der Waals surface area (Å²) in [7, 11) is 0. The van der Waals surface area contributed by atoms with Crippen molar-refractivity contribution in [3.05, 3.63) is 23.8 Å². The molecule has 118 valence electrons. The second kappa shape index (κ2) is 16.5. The van der Waals surface area contributed by atoms with E-state index in [1.54, 1.807) is 5.57 Å². The smallest absolute Gasteiger partial charge is 0.0282 e. The van der Waals surface area contributed by atoms with Crippen LogP contribution >= 0.6 is 0 Å². The Morgan fingerprint density at radius 1 is 0.650 bits per heavy atom. The molecule has 0 aliphatic heterocycles. The molecular weight excluding hydrogens is 240 g/mol. The van der Waals surface area contributed by atoms with Gasteiger partial charge in [0.05, 0.1) is 0 Å². The van der Waals surface area contributed by atoms with Crippen LogP contribution in [0.15, 0.2) is 23.8 Å². The predicted octanol–water partition coefficient (Wildman–Crippen LogP) is 7.60. The zero-order valence-corrected chi connectivity index (χ0v) is 14.4. The van der Waals surface area contributed by atoms with Gasteiger partial charge in [-0.25, -0.2) is 0 Å². The lowest BCUT2D eigenvalue weighted by Crippen LogP contribution is -1.84. The molecule has 0 saturated carbocycles. The largest absolute Gasteiger partial charge is 0.0843 e. The van der Waals surface area contributed by atoms with Crippen LogP contribution in [0.1, 0.15) is 104 Å². The summed E-state index contributed by atoms with van der Waals surface area (Å²) >= 11 is 0. The van der Waals surface area contributed by atoms with Gasteiger partial charge in [0.25, 0.3) is 0 Å². The van der Waals surface area contributed by atoms with Gasteiger partial charge < -0.3 is 0 Å². The maximum atomic E-state index is 2.46. The van der Waals surface area contributed by atoms with Gasteiger partial charge in [0.2, 0.25) is 0 Å². The van der Waals surface area contributed by atoms with E-state index in [1.807, 2.05) is 0 Å². The van der Waals surface area contributed by atoms with Crippen LogP contribution < -0.4 is 0 Å². The van der Waals surface area contributed by atoms with E-state index in [1.165, 1.54) is 83.5 Å². The van der Waals surface area contributed by atoms with E-state index in [0.717, 1.165) is 0 Å². The third kappa shape index (κ3) is 13.9. The minimum atomic E-state index is 1.24. The van der Waals surface area contributed by atoms with Crippen LogP contribution in [0.2, 0.25) is 0 Å². The molecule has 0 spiro atoms. The van der Waals surface area contributed by atoms with Crippen molar-refractivity contribution in [1.82, 2.24) is 0 Å². The van der Waals surface area contributed by atoms with Crippen molar-refractivity contribution in [3.8, 4) is 0 Å². The van der Waals surface area contributed by atoms with Crippen LogP contribution in [0.25, 0.3) is 0 Å². The first-order valence-corrected chi connectivity index (χ1v) is 9.20. The summed E-state index contributed by atoms with van der Waals surface area (Å²) in [6.45, 7) is 6.82. The summed E-state index contributed by atoms with van der Waals surface area (Å²) in [5.74, 6) is 0. The van der Waals surface area contributed by atoms with Gasteiger partial charge in [-0.2, -0.15) is 0 Å². The zero-order chi connectivity index (χ0) is 14.9. The molecule has 0 unspecified atom stereocenters. The summed E-state index contributed by atoms with van der Waals surface area (Å²) in [5.41, 5.74) is 1.58. The SMILES string of the molecule is CCCC=C(C=CCCCC)CCCCCCCCC. The highest BCUT2D eigenvalue weighted by molar-refractivity contribution is 5.18. The molecular formula is C20H38.